The van der Waals surface area contributed by atoms with E-state index in [1.807, 2.05) is 18.2 Å². The summed E-state index contributed by atoms with van der Waals surface area (Å²) in [5, 5.41) is 7.99. The van der Waals surface area contributed by atoms with Gasteiger partial charge in [-0.05, 0) is 28.1 Å². The van der Waals surface area contributed by atoms with Crippen LogP contribution in [0.1, 0.15) is 5.82 Å². The highest BCUT2D eigenvalue weighted by Gasteiger charge is 2.18. The molecule has 0 aromatic carbocycles. The van der Waals surface area contributed by atoms with E-state index in [9.17, 15) is 0 Å². The van der Waals surface area contributed by atoms with Crippen molar-refractivity contribution in [3.05, 3.63) is 35.0 Å². The lowest BCUT2D eigenvalue weighted by Crippen LogP contribution is -2.34. The van der Waals surface area contributed by atoms with Gasteiger partial charge in [-0.2, -0.15) is 0 Å². The van der Waals surface area contributed by atoms with Crippen LogP contribution in [0.25, 0.3) is 0 Å². The van der Waals surface area contributed by atoms with Crippen LogP contribution in [0.5, 0.6) is 0 Å². The molecule has 0 saturated heterocycles. The fourth-order valence-corrected chi connectivity index (χ4v) is 2.17. The number of pyridine rings is 1. The zero-order valence-corrected chi connectivity index (χ0v) is 10.1. The minimum atomic E-state index is 0.767. The quantitative estimate of drug-likeness (QED) is 0.742. The Hall–Kier alpha value is -1.43. The first-order chi connectivity index (χ1) is 7.83. The molecule has 0 spiro atoms. The maximum atomic E-state index is 4.44. The highest BCUT2D eigenvalue weighted by molar-refractivity contribution is 9.10. The van der Waals surface area contributed by atoms with Crippen molar-refractivity contribution in [2.75, 3.05) is 11.4 Å². The van der Waals surface area contributed by atoms with Crippen LogP contribution in [-0.4, -0.2) is 26.3 Å². The first-order valence-electron chi connectivity index (χ1n) is 5.07. The lowest BCUT2D eigenvalue weighted by molar-refractivity contribution is 0.556. The normalized spacial score (nSPS) is 14.9. The molecule has 0 saturated carbocycles. The van der Waals surface area contributed by atoms with Crippen LogP contribution in [0.2, 0.25) is 0 Å². The molecule has 1 aliphatic heterocycles. The molecule has 0 atom stereocenters. The van der Waals surface area contributed by atoms with Crippen molar-refractivity contribution in [3.63, 3.8) is 0 Å². The molecule has 16 heavy (non-hydrogen) atoms. The van der Waals surface area contributed by atoms with Gasteiger partial charge in [-0.3, -0.25) is 0 Å². The Morgan fingerprint density at radius 1 is 1.25 bits per heavy atom. The Morgan fingerprint density at radius 2 is 2.19 bits per heavy atom. The average Bonchev–Trinajstić information content (AvgIpc) is 2.75. The van der Waals surface area contributed by atoms with Gasteiger partial charge >= 0.3 is 0 Å². The highest BCUT2D eigenvalue weighted by Crippen LogP contribution is 2.19. The van der Waals surface area contributed by atoms with E-state index >= 15 is 0 Å². The summed E-state index contributed by atoms with van der Waals surface area (Å²) in [6, 6.07) is 5.93. The number of hydrogen-bond acceptors (Lipinski definition) is 4. The molecule has 3 heterocycles. The summed E-state index contributed by atoms with van der Waals surface area (Å²) in [4.78, 5) is 6.64. The van der Waals surface area contributed by atoms with E-state index in [0.717, 1.165) is 35.9 Å². The molecule has 0 bridgehead atoms. The van der Waals surface area contributed by atoms with Crippen molar-refractivity contribution in [2.24, 2.45) is 0 Å². The summed E-state index contributed by atoms with van der Waals surface area (Å²) < 4.78 is 2.94. The molecular formula is C10H10BrN5. The second-order valence-electron chi connectivity index (χ2n) is 3.68. The molecule has 0 N–H and O–H groups in total. The third-order valence-electron chi connectivity index (χ3n) is 2.66. The number of aromatic nitrogens is 4. The predicted octanol–water partition coefficient (Wildman–Crippen LogP) is 1.46. The minimum Gasteiger partial charge on any atom is -0.347 e. The van der Waals surface area contributed by atoms with E-state index in [1.165, 1.54) is 0 Å². The van der Waals surface area contributed by atoms with E-state index < -0.39 is 0 Å². The molecule has 0 fully saturated rings. The van der Waals surface area contributed by atoms with Crippen LogP contribution in [0.15, 0.2) is 29.1 Å². The highest BCUT2D eigenvalue weighted by atomic mass is 79.9. The van der Waals surface area contributed by atoms with E-state index in [1.54, 1.807) is 6.33 Å². The lowest BCUT2D eigenvalue weighted by atomic mass is 10.3. The van der Waals surface area contributed by atoms with Gasteiger partial charge in [0.25, 0.3) is 0 Å². The van der Waals surface area contributed by atoms with E-state index in [0.29, 0.717) is 0 Å². The largest absolute Gasteiger partial charge is 0.347 e. The molecule has 82 valence electrons. The maximum absolute atomic E-state index is 4.44. The van der Waals surface area contributed by atoms with Crippen molar-refractivity contribution >= 4 is 21.7 Å². The van der Waals surface area contributed by atoms with Crippen LogP contribution in [0.4, 0.5) is 5.82 Å². The van der Waals surface area contributed by atoms with Gasteiger partial charge in [0, 0.05) is 13.1 Å². The van der Waals surface area contributed by atoms with Crippen molar-refractivity contribution in [2.45, 2.75) is 13.1 Å². The Bertz CT molecular complexity index is 509. The summed E-state index contributed by atoms with van der Waals surface area (Å²) in [6.45, 7) is 2.62. The summed E-state index contributed by atoms with van der Waals surface area (Å²) >= 11 is 3.38. The Labute approximate surface area is 101 Å². The van der Waals surface area contributed by atoms with Crippen LogP contribution < -0.4 is 4.90 Å². The zero-order valence-electron chi connectivity index (χ0n) is 8.54. The minimum absolute atomic E-state index is 0.767. The van der Waals surface area contributed by atoms with Gasteiger partial charge in [0.1, 0.15) is 16.7 Å². The molecule has 3 rings (SSSR count). The summed E-state index contributed by atoms with van der Waals surface area (Å²) in [5.74, 6) is 1.97. The molecule has 0 unspecified atom stereocenters. The molecule has 2 aromatic heterocycles. The van der Waals surface area contributed by atoms with Crippen molar-refractivity contribution in [1.29, 1.82) is 0 Å². The lowest BCUT2D eigenvalue weighted by Gasteiger charge is -2.27. The van der Waals surface area contributed by atoms with E-state index in [4.69, 9.17) is 0 Å². The number of hydrogen-bond donors (Lipinski definition) is 0. The summed E-state index contributed by atoms with van der Waals surface area (Å²) in [5.41, 5.74) is 0. The monoisotopic (exact) mass is 279 g/mol. The standard InChI is InChI=1S/C10H10BrN5/c11-8-2-1-3-9(13-8)15-4-5-16-7-12-14-10(16)6-15/h1-3,7H,4-6H2. The van der Waals surface area contributed by atoms with Gasteiger partial charge in [0.05, 0.1) is 6.54 Å². The SMILES string of the molecule is Brc1cccc(N2CCn3cnnc3C2)n1. The van der Waals surface area contributed by atoms with Gasteiger partial charge in [0.15, 0.2) is 5.82 Å². The van der Waals surface area contributed by atoms with Crippen molar-refractivity contribution in [3.8, 4) is 0 Å². The third kappa shape index (κ3) is 1.69. The van der Waals surface area contributed by atoms with E-state index in [2.05, 4.69) is 40.6 Å². The predicted molar refractivity (Wildman–Crippen MR) is 63.0 cm³/mol. The topological polar surface area (TPSA) is 46.8 Å². The molecule has 0 radical (unpaired) electrons. The Morgan fingerprint density at radius 3 is 3.06 bits per heavy atom. The van der Waals surface area contributed by atoms with E-state index in [-0.39, 0.29) is 0 Å². The van der Waals surface area contributed by atoms with Crippen molar-refractivity contribution in [1.82, 2.24) is 19.7 Å². The van der Waals surface area contributed by atoms with Crippen LogP contribution in [0, 0.1) is 0 Å². The second kappa shape index (κ2) is 3.86. The first-order valence-corrected chi connectivity index (χ1v) is 5.86. The third-order valence-corrected chi connectivity index (χ3v) is 3.10. The Kier molecular flexibility index (Phi) is 2.36. The number of rotatable bonds is 1. The van der Waals surface area contributed by atoms with Gasteiger partial charge in [-0.1, -0.05) is 6.07 Å². The molecule has 0 aliphatic carbocycles. The fourth-order valence-electron chi connectivity index (χ4n) is 1.84. The van der Waals surface area contributed by atoms with Crippen LogP contribution >= 0.6 is 15.9 Å². The fraction of sp³-hybridized carbons (Fsp3) is 0.300. The van der Waals surface area contributed by atoms with Crippen LogP contribution in [0.3, 0.4) is 0 Å². The maximum Gasteiger partial charge on any atom is 0.152 e. The average molecular weight is 280 g/mol. The molecule has 6 heteroatoms. The molecule has 0 amide bonds. The number of fused-ring (bicyclic) bond motifs is 1. The number of halogens is 1. The van der Waals surface area contributed by atoms with Gasteiger partial charge < -0.3 is 9.47 Å². The molecule has 2 aromatic rings. The number of anilines is 1. The molecule has 5 nitrogen and oxygen atoms in total. The first kappa shape index (κ1) is 9.77. The molecular weight excluding hydrogens is 270 g/mol. The smallest absolute Gasteiger partial charge is 0.152 e. The van der Waals surface area contributed by atoms with Gasteiger partial charge in [-0.25, -0.2) is 4.98 Å². The second-order valence-corrected chi connectivity index (χ2v) is 4.49. The Balaban J connectivity index is 1.88. The van der Waals surface area contributed by atoms with Gasteiger partial charge in [-0.15, -0.1) is 10.2 Å². The van der Waals surface area contributed by atoms with Gasteiger partial charge in [0.2, 0.25) is 0 Å². The summed E-state index contributed by atoms with van der Waals surface area (Å²) in [7, 11) is 0. The zero-order chi connectivity index (χ0) is 11.0. The molecule has 1 aliphatic rings. The summed E-state index contributed by atoms with van der Waals surface area (Å²) in [6.07, 6.45) is 1.78. The van der Waals surface area contributed by atoms with Crippen molar-refractivity contribution < 1.29 is 0 Å². The van der Waals surface area contributed by atoms with Crippen LogP contribution in [-0.2, 0) is 13.1 Å². The number of nitrogens with zero attached hydrogens (tertiary/aromatic N) is 5.